The predicted molar refractivity (Wildman–Crippen MR) is 98.2 cm³/mol. The molecule has 0 atom stereocenters. The summed E-state index contributed by atoms with van der Waals surface area (Å²) < 4.78 is 6.16. The molecule has 4 heterocycles. The van der Waals surface area contributed by atoms with E-state index in [0.29, 0.717) is 6.61 Å². The van der Waals surface area contributed by atoms with Crippen molar-refractivity contribution in [3.05, 3.63) is 77.4 Å². The monoisotopic (exact) mass is 344 g/mol. The third-order valence-electron chi connectivity index (χ3n) is 5.19. The van der Waals surface area contributed by atoms with Gasteiger partial charge in [-0.05, 0) is 18.6 Å². The molecule has 5 heteroatoms. The highest BCUT2D eigenvalue weighted by molar-refractivity contribution is 5.55. The molecule has 2 aliphatic heterocycles. The highest BCUT2D eigenvalue weighted by Gasteiger charge is 2.50. The number of aryl methyl sites for hydroxylation is 1. The molecule has 130 valence electrons. The van der Waals surface area contributed by atoms with E-state index in [1.54, 1.807) is 0 Å². The summed E-state index contributed by atoms with van der Waals surface area (Å²) in [4.78, 5) is 16.2. The number of hydrogen-bond donors (Lipinski definition) is 0. The molecule has 2 aliphatic rings. The SMILES string of the molecule is Cc1ccc(CN2CC3(C2)OCc2nc(-c4ccccc4)ncc23)nc1. The van der Waals surface area contributed by atoms with Crippen LogP contribution in [0.25, 0.3) is 11.4 Å². The number of likely N-dealkylation sites (tertiary alicyclic amines) is 1. The van der Waals surface area contributed by atoms with Gasteiger partial charge in [0, 0.05) is 43.2 Å². The van der Waals surface area contributed by atoms with Crippen LogP contribution in [0.4, 0.5) is 0 Å². The summed E-state index contributed by atoms with van der Waals surface area (Å²) in [6.45, 7) is 5.20. The Hall–Kier alpha value is -2.63. The van der Waals surface area contributed by atoms with Crippen LogP contribution in [0.1, 0.15) is 22.5 Å². The van der Waals surface area contributed by atoms with E-state index in [1.165, 1.54) is 5.56 Å². The summed E-state index contributed by atoms with van der Waals surface area (Å²) in [5, 5.41) is 0. The molecular formula is C21H20N4O. The van der Waals surface area contributed by atoms with E-state index in [0.717, 1.165) is 48.0 Å². The van der Waals surface area contributed by atoms with E-state index >= 15 is 0 Å². The van der Waals surface area contributed by atoms with Gasteiger partial charge < -0.3 is 4.74 Å². The maximum atomic E-state index is 6.16. The lowest BCUT2D eigenvalue weighted by molar-refractivity contribution is -0.145. The van der Waals surface area contributed by atoms with Gasteiger partial charge in [0.1, 0.15) is 5.60 Å². The maximum Gasteiger partial charge on any atom is 0.159 e. The fourth-order valence-corrected chi connectivity index (χ4v) is 3.79. The van der Waals surface area contributed by atoms with Crippen molar-refractivity contribution in [3.8, 4) is 11.4 Å². The van der Waals surface area contributed by atoms with Gasteiger partial charge in [0.05, 0.1) is 18.0 Å². The number of nitrogens with zero attached hydrogens (tertiary/aromatic N) is 4. The van der Waals surface area contributed by atoms with Crippen molar-refractivity contribution in [1.29, 1.82) is 0 Å². The minimum atomic E-state index is -0.241. The lowest BCUT2D eigenvalue weighted by Crippen LogP contribution is -2.58. The number of fused-ring (bicyclic) bond motifs is 2. The molecule has 1 spiro atoms. The Morgan fingerprint density at radius 1 is 1.04 bits per heavy atom. The van der Waals surface area contributed by atoms with Crippen LogP contribution in [0.15, 0.2) is 54.9 Å². The second kappa shape index (κ2) is 5.97. The van der Waals surface area contributed by atoms with Crippen molar-refractivity contribution in [2.45, 2.75) is 25.7 Å². The Morgan fingerprint density at radius 2 is 1.88 bits per heavy atom. The molecule has 1 aromatic carbocycles. The molecule has 2 aromatic heterocycles. The molecule has 0 amide bonds. The molecular weight excluding hydrogens is 324 g/mol. The van der Waals surface area contributed by atoms with Gasteiger partial charge in [0.2, 0.25) is 0 Å². The number of aromatic nitrogens is 3. The van der Waals surface area contributed by atoms with E-state index in [4.69, 9.17) is 9.72 Å². The van der Waals surface area contributed by atoms with Crippen molar-refractivity contribution in [2.75, 3.05) is 13.1 Å². The molecule has 0 radical (unpaired) electrons. The summed E-state index contributed by atoms with van der Waals surface area (Å²) >= 11 is 0. The van der Waals surface area contributed by atoms with E-state index in [2.05, 4.69) is 33.9 Å². The number of hydrogen-bond acceptors (Lipinski definition) is 5. The quantitative estimate of drug-likeness (QED) is 0.731. The molecule has 1 saturated heterocycles. The Morgan fingerprint density at radius 3 is 2.65 bits per heavy atom. The van der Waals surface area contributed by atoms with Crippen LogP contribution in [0.2, 0.25) is 0 Å². The highest BCUT2D eigenvalue weighted by atomic mass is 16.5. The van der Waals surface area contributed by atoms with Gasteiger partial charge in [-0.3, -0.25) is 9.88 Å². The number of ether oxygens (including phenoxy) is 1. The Kier molecular flexibility index (Phi) is 3.58. The van der Waals surface area contributed by atoms with Gasteiger partial charge in [-0.25, -0.2) is 9.97 Å². The second-order valence-electron chi connectivity index (χ2n) is 7.18. The van der Waals surface area contributed by atoms with Gasteiger partial charge in [-0.15, -0.1) is 0 Å². The summed E-state index contributed by atoms with van der Waals surface area (Å²) in [5.74, 6) is 0.769. The fraction of sp³-hybridized carbons (Fsp3) is 0.286. The number of pyridine rings is 1. The maximum absolute atomic E-state index is 6.16. The zero-order valence-corrected chi connectivity index (χ0v) is 14.7. The molecule has 5 nitrogen and oxygen atoms in total. The fourth-order valence-electron chi connectivity index (χ4n) is 3.79. The van der Waals surface area contributed by atoms with Gasteiger partial charge in [0.25, 0.3) is 0 Å². The van der Waals surface area contributed by atoms with Crippen molar-refractivity contribution in [1.82, 2.24) is 19.9 Å². The van der Waals surface area contributed by atoms with Crippen LogP contribution in [-0.2, 0) is 23.5 Å². The summed E-state index contributed by atoms with van der Waals surface area (Å²) in [6, 6.07) is 14.3. The van der Waals surface area contributed by atoms with E-state index in [-0.39, 0.29) is 5.60 Å². The van der Waals surface area contributed by atoms with Crippen LogP contribution >= 0.6 is 0 Å². The van der Waals surface area contributed by atoms with Crippen LogP contribution < -0.4 is 0 Å². The van der Waals surface area contributed by atoms with Crippen molar-refractivity contribution >= 4 is 0 Å². The minimum Gasteiger partial charge on any atom is -0.361 e. The Labute approximate surface area is 152 Å². The zero-order chi connectivity index (χ0) is 17.6. The smallest absolute Gasteiger partial charge is 0.159 e. The molecule has 26 heavy (non-hydrogen) atoms. The predicted octanol–water partition coefficient (Wildman–Crippen LogP) is 3.09. The van der Waals surface area contributed by atoms with Crippen molar-refractivity contribution in [3.63, 3.8) is 0 Å². The van der Waals surface area contributed by atoms with Gasteiger partial charge in [-0.2, -0.15) is 0 Å². The topological polar surface area (TPSA) is 51.1 Å². The van der Waals surface area contributed by atoms with Crippen molar-refractivity contribution in [2.24, 2.45) is 0 Å². The van der Waals surface area contributed by atoms with Gasteiger partial charge in [-0.1, -0.05) is 36.4 Å². The third-order valence-corrected chi connectivity index (χ3v) is 5.19. The molecule has 0 N–H and O–H groups in total. The third kappa shape index (κ3) is 2.60. The molecule has 3 aromatic rings. The van der Waals surface area contributed by atoms with Gasteiger partial charge >= 0.3 is 0 Å². The Balaban J connectivity index is 1.32. The first-order valence-electron chi connectivity index (χ1n) is 8.92. The standard InChI is InChI=1S/C21H20N4O/c1-15-7-8-17(22-9-15)11-25-13-21(14-25)18-10-23-20(24-19(18)12-26-21)16-5-3-2-4-6-16/h2-10H,11-14H2,1H3. The average Bonchev–Trinajstić information content (AvgIpc) is 3.03. The highest BCUT2D eigenvalue weighted by Crippen LogP contribution is 2.43. The number of benzene rings is 1. The van der Waals surface area contributed by atoms with E-state index in [9.17, 15) is 0 Å². The first kappa shape index (κ1) is 15.6. The molecule has 0 saturated carbocycles. The molecule has 1 fully saturated rings. The average molecular weight is 344 g/mol. The molecule has 0 unspecified atom stereocenters. The largest absolute Gasteiger partial charge is 0.361 e. The second-order valence-corrected chi connectivity index (χ2v) is 7.18. The van der Waals surface area contributed by atoms with E-state index < -0.39 is 0 Å². The number of rotatable bonds is 3. The van der Waals surface area contributed by atoms with Gasteiger partial charge in [0.15, 0.2) is 5.82 Å². The zero-order valence-electron chi connectivity index (χ0n) is 14.7. The summed E-state index contributed by atoms with van der Waals surface area (Å²) in [6.07, 6.45) is 3.88. The van der Waals surface area contributed by atoms with Crippen molar-refractivity contribution < 1.29 is 4.74 Å². The molecule has 5 rings (SSSR count). The Bertz CT molecular complexity index is 934. The minimum absolute atomic E-state index is 0.241. The van der Waals surface area contributed by atoms with Crippen LogP contribution in [0, 0.1) is 6.92 Å². The first-order valence-corrected chi connectivity index (χ1v) is 8.92. The normalized spacial score (nSPS) is 17.9. The van der Waals surface area contributed by atoms with Crippen LogP contribution in [0.5, 0.6) is 0 Å². The van der Waals surface area contributed by atoms with E-state index in [1.807, 2.05) is 42.7 Å². The molecule has 0 bridgehead atoms. The lowest BCUT2D eigenvalue weighted by atomic mass is 9.87. The summed E-state index contributed by atoms with van der Waals surface area (Å²) in [5.41, 5.74) is 5.25. The lowest BCUT2D eigenvalue weighted by Gasteiger charge is -2.47. The molecule has 0 aliphatic carbocycles. The first-order chi connectivity index (χ1) is 12.7. The van der Waals surface area contributed by atoms with Crippen LogP contribution in [0.3, 0.4) is 0 Å². The van der Waals surface area contributed by atoms with Crippen LogP contribution in [-0.4, -0.2) is 32.9 Å². The summed E-state index contributed by atoms with van der Waals surface area (Å²) in [7, 11) is 0.